The summed E-state index contributed by atoms with van der Waals surface area (Å²) in [6.07, 6.45) is 2.13. The molecular weight excluding hydrogens is 536 g/mol. The van der Waals surface area contributed by atoms with Crippen LogP contribution in [0, 0.1) is 5.82 Å². The fourth-order valence-corrected chi connectivity index (χ4v) is 4.38. The van der Waals surface area contributed by atoms with E-state index < -0.39 is 15.7 Å². The third-order valence-corrected chi connectivity index (χ3v) is 5.90. The molecule has 0 fully saturated rings. The van der Waals surface area contributed by atoms with Crippen LogP contribution in [0.25, 0.3) is 0 Å². The number of sulfone groups is 1. The van der Waals surface area contributed by atoms with Crippen molar-refractivity contribution in [3.63, 3.8) is 0 Å². The predicted octanol–water partition coefficient (Wildman–Crippen LogP) is 4.23. The second-order valence-corrected chi connectivity index (χ2v) is 9.93. The zero-order valence-corrected chi connectivity index (χ0v) is 21.2. The number of nitrogens with one attached hydrogen (secondary N) is 2. The van der Waals surface area contributed by atoms with Crippen molar-refractivity contribution in [1.82, 2.24) is 10.6 Å². The van der Waals surface area contributed by atoms with Crippen molar-refractivity contribution in [2.75, 3.05) is 25.1 Å². The third kappa shape index (κ3) is 10.6. The molecule has 0 bridgehead atoms. The molecule has 0 aliphatic rings. The highest BCUT2D eigenvalue weighted by Gasteiger charge is 2.10. The molecule has 0 saturated carbocycles. The molecule has 5 nitrogen and oxygen atoms in total. The van der Waals surface area contributed by atoms with Crippen LogP contribution in [-0.2, 0) is 22.1 Å². The third-order valence-electron chi connectivity index (χ3n) is 3.96. The maximum Gasteiger partial charge on any atom is 0.191 e. The van der Waals surface area contributed by atoms with Crippen LogP contribution in [0.1, 0.15) is 24.5 Å². The number of hydrogen-bond donors (Lipinski definition) is 2. The van der Waals surface area contributed by atoms with Gasteiger partial charge in [0.1, 0.15) is 5.82 Å². The SMILES string of the molecule is CCNC(=NCc1cc(F)ccc1CS(C)(=O)=O)NCCCSc1ccccc1.I. The molecule has 0 amide bonds. The summed E-state index contributed by atoms with van der Waals surface area (Å²) < 4.78 is 36.9. The van der Waals surface area contributed by atoms with Gasteiger partial charge in [-0.25, -0.2) is 17.8 Å². The first-order chi connectivity index (χ1) is 13.9. The molecule has 9 heteroatoms. The van der Waals surface area contributed by atoms with Crippen LogP contribution in [0.4, 0.5) is 4.39 Å². The molecule has 0 atom stereocenters. The average molecular weight is 566 g/mol. The van der Waals surface area contributed by atoms with E-state index in [0.29, 0.717) is 23.6 Å². The first-order valence-electron chi connectivity index (χ1n) is 9.52. The largest absolute Gasteiger partial charge is 0.357 e. The van der Waals surface area contributed by atoms with Crippen LogP contribution >= 0.6 is 35.7 Å². The van der Waals surface area contributed by atoms with E-state index in [1.165, 1.54) is 29.4 Å². The molecule has 166 valence electrons. The van der Waals surface area contributed by atoms with Gasteiger partial charge >= 0.3 is 0 Å². The minimum atomic E-state index is -3.21. The van der Waals surface area contributed by atoms with Gasteiger partial charge < -0.3 is 10.6 Å². The Hall–Kier alpha value is -1.33. The summed E-state index contributed by atoms with van der Waals surface area (Å²) >= 11 is 1.81. The van der Waals surface area contributed by atoms with Crippen molar-refractivity contribution >= 4 is 51.5 Å². The number of nitrogens with zero attached hydrogens (tertiary/aromatic N) is 1. The predicted molar refractivity (Wildman–Crippen MR) is 135 cm³/mol. The molecule has 2 aromatic carbocycles. The monoisotopic (exact) mass is 565 g/mol. The Morgan fingerprint density at radius 2 is 1.83 bits per heavy atom. The highest BCUT2D eigenvalue weighted by molar-refractivity contribution is 14.0. The normalized spacial score (nSPS) is 11.6. The lowest BCUT2D eigenvalue weighted by atomic mass is 10.1. The smallest absolute Gasteiger partial charge is 0.191 e. The van der Waals surface area contributed by atoms with E-state index in [4.69, 9.17) is 0 Å². The van der Waals surface area contributed by atoms with E-state index >= 15 is 0 Å². The van der Waals surface area contributed by atoms with Crippen LogP contribution in [0.3, 0.4) is 0 Å². The second kappa shape index (κ2) is 13.9. The Labute approximate surface area is 200 Å². The quantitative estimate of drug-likeness (QED) is 0.149. The van der Waals surface area contributed by atoms with Crippen molar-refractivity contribution in [2.24, 2.45) is 4.99 Å². The minimum absolute atomic E-state index is 0. The molecule has 0 radical (unpaired) electrons. The van der Waals surface area contributed by atoms with E-state index in [0.717, 1.165) is 18.7 Å². The summed E-state index contributed by atoms with van der Waals surface area (Å²) in [6.45, 7) is 3.63. The van der Waals surface area contributed by atoms with Crippen molar-refractivity contribution < 1.29 is 12.8 Å². The first kappa shape index (κ1) is 26.7. The fraction of sp³-hybridized carbons (Fsp3) is 0.381. The molecule has 0 aliphatic carbocycles. The Balaban J connectivity index is 0.00000450. The molecular formula is C21H29FIN3O2S2. The maximum atomic E-state index is 13.6. The number of rotatable bonds is 10. The highest BCUT2D eigenvalue weighted by atomic mass is 127. The summed E-state index contributed by atoms with van der Waals surface area (Å²) in [7, 11) is -3.21. The Bertz CT molecular complexity index is 910. The second-order valence-electron chi connectivity index (χ2n) is 6.62. The molecule has 0 unspecified atom stereocenters. The van der Waals surface area contributed by atoms with Crippen molar-refractivity contribution in [2.45, 2.75) is 30.5 Å². The topological polar surface area (TPSA) is 70.6 Å². The number of halogens is 2. The number of thioether (sulfide) groups is 1. The number of hydrogen-bond acceptors (Lipinski definition) is 4. The lowest BCUT2D eigenvalue weighted by Gasteiger charge is -2.12. The Morgan fingerprint density at radius 3 is 2.50 bits per heavy atom. The maximum absolute atomic E-state index is 13.6. The van der Waals surface area contributed by atoms with E-state index in [1.54, 1.807) is 11.8 Å². The molecule has 2 N–H and O–H groups in total. The van der Waals surface area contributed by atoms with E-state index in [1.807, 2.05) is 25.1 Å². The van der Waals surface area contributed by atoms with Crippen molar-refractivity contribution in [3.8, 4) is 0 Å². The molecule has 2 aromatic rings. The summed E-state index contributed by atoms with van der Waals surface area (Å²) in [6, 6.07) is 14.4. The molecule has 0 saturated heterocycles. The Kier molecular flexibility index (Phi) is 12.3. The summed E-state index contributed by atoms with van der Waals surface area (Å²) in [5.74, 6) is 1.09. The van der Waals surface area contributed by atoms with Gasteiger partial charge in [0, 0.05) is 24.2 Å². The highest BCUT2D eigenvalue weighted by Crippen LogP contribution is 2.17. The van der Waals surface area contributed by atoms with Crippen LogP contribution in [0.15, 0.2) is 58.4 Å². The van der Waals surface area contributed by atoms with Crippen molar-refractivity contribution in [1.29, 1.82) is 0 Å². The average Bonchev–Trinajstić information content (AvgIpc) is 2.67. The summed E-state index contributed by atoms with van der Waals surface area (Å²) in [4.78, 5) is 5.75. The first-order valence-corrected chi connectivity index (χ1v) is 12.6. The fourth-order valence-electron chi connectivity index (χ4n) is 2.66. The van der Waals surface area contributed by atoms with Gasteiger partial charge in [-0.05, 0) is 54.5 Å². The standard InChI is InChI=1S/C21H28FN3O2S2.HI/c1-3-23-21(24-12-7-13-28-20-8-5-4-6-9-20)25-15-18-14-19(22)11-10-17(18)16-29(2,26)27;/h4-6,8-11,14H,3,7,12-13,15-16H2,1-2H3,(H2,23,24,25);1H. The molecule has 0 aliphatic heterocycles. The lowest BCUT2D eigenvalue weighted by molar-refractivity contribution is 0.600. The number of guanidine groups is 1. The van der Waals surface area contributed by atoms with Gasteiger partial charge in [0.2, 0.25) is 0 Å². The van der Waals surface area contributed by atoms with Crippen LogP contribution < -0.4 is 10.6 Å². The Morgan fingerprint density at radius 1 is 1.10 bits per heavy atom. The molecule has 0 aromatic heterocycles. The van der Waals surface area contributed by atoms with Gasteiger partial charge in [-0.15, -0.1) is 35.7 Å². The molecule has 0 heterocycles. The van der Waals surface area contributed by atoms with Crippen LogP contribution in [0.2, 0.25) is 0 Å². The zero-order valence-electron chi connectivity index (χ0n) is 17.2. The summed E-state index contributed by atoms with van der Waals surface area (Å²) in [5.41, 5.74) is 1.15. The zero-order chi connectivity index (χ0) is 21.1. The molecule has 30 heavy (non-hydrogen) atoms. The lowest BCUT2D eigenvalue weighted by Crippen LogP contribution is -2.37. The van der Waals surface area contributed by atoms with Gasteiger partial charge in [-0.3, -0.25) is 0 Å². The molecule has 0 spiro atoms. The van der Waals surface area contributed by atoms with Gasteiger partial charge in [0.15, 0.2) is 15.8 Å². The van der Waals surface area contributed by atoms with Crippen molar-refractivity contribution in [3.05, 3.63) is 65.5 Å². The van der Waals surface area contributed by atoms with E-state index in [2.05, 4.69) is 27.8 Å². The number of aliphatic imine (C=N–C) groups is 1. The van der Waals surface area contributed by atoms with E-state index in [-0.39, 0.29) is 36.3 Å². The minimum Gasteiger partial charge on any atom is -0.357 e. The summed E-state index contributed by atoms with van der Waals surface area (Å²) in [5, 5.41) is 6.44. The van der Waals surface area contributed by atoms with Gasteiger partial charge in [0.05, 0.1) is 12.3 Å². The van der Waals surface area contributed by atoms with Gasteiger partial charge in [-0.2, -0.15) is 0 Å². The van der Waals surface area contributed by atoms with Gasteiger partial charge in [0.25, 0.3) is 0 Å². The van der Waals surface area contributed by atoms with Crippen LogP contribution in [0.5, 0.6) is 0 Å². The number of benzene rings is 2. The molecule has 2 rings (SSSR count). The van der Waals surface area contributed by atoms with Gasteiger partial charge in [-0.1, -0.05) is 24.3 Å². The van der Waals surface area contributed by atoms with E-state index in [9.17, 15) is 12.8 Å². The van der Waals surface area contributed by atoms with Crippen LogP contribution in [-0.4, -0.2) is 39.5 Å².